The van der Waals surface area contributed by atoms with E-state index in [0.717, 1.165) is 6.42 Å². The van der Waals surface area contributed by atoms with Gasteiger partial charge >= 0.3 is 0 Å². The van der Waals surface area contributed by atoms with E-state index in [1.807, 2.05) is 6.92 Å². The first kappa shape index (κ1) is 8.82. The molecule has 1 atom stereocenters. The van der Waals surface area contributed by atoms with Gasteiger partial charge in [0, 0.05) is 5.56 Å². The predicted octanol–water partition coefficient (Wildman–Crippen LogP) is 3.37. The summed E-state index contributed by atoms with van der Waals surface area (Å²) >= 11 is 5.68. The molecular formula is C10H10ClFO. The summed E-state index contributed by atoms with van der Waals surface area (Å²) in [5, 5.41) is 0.177. The van der Waals surface area contributed by atoms with Gasteiger partial charge in [-0.15, -0.1) is 0 Å². The van der Waals surface area contributed by atoms with Crippen molar-refractivity contribution in [2.24, 2.45) is 0 Å². The van der Waals surface area contributed by atoms with Crippen LogP contribution in [0.15, 0.2) is 12.1 Å². The highest BCUT2D eigenvalue weighted by molar-refractivity contribution is 6.30. The van der Waals surface area contributed by atoms with Crippen LogP contribution in [0.4, 0.5) is 4.39 Å². The maximum Gasteiger partial charge on any atom is 0.148 e. The molecule has 70 valence electrons. The SMILES string of the molecule is CC1CCOc2ccc(Cl)c(F)c21. The minimum atomic E-state index is -0.327. The van der Waals surface area contributed by atoms with Crippen LogP contribution in [0.25, 0.3) is 0 Å². The standard InChI is InChI=1S/C10H10ClFO/c1-6-4-5-13-8-3-2-7(11)10(12)9(6)8/h2-3,6H,4-5H2,1H3. The number of hydrogen-bond donors (Lipinski definition) is 0. The van der Waals surface area contributed by atoms with Crippen molar-refractivity contribution >= 4 is 11.6 Å². The summed E-state index contributed by atoms with van der Waals surface area (Å²) in [6, 6.07) is 3.27. The van der Waals surface area contributed by atoms with Gasteiger partial charge in [-0.25, -0.2) is 4.39 Å². The lowest BCUT2D eigenvalue weighted by Crippen LogP contribution is -2.13. The van der Waals surface area contributed by atoms with Crippen LogP contribution in [-0.2, 0) is 0 Å². The summed E-state index contributed by atoms with van der Waals surface area (Å²) < 4.78 is 18.9. The Morgan fingerprint density at radius 1 is 1.54 bits per heavy atom. The summed E-state index contributed by atoms with van der Waals surface area (Å²) in [5.41, 5.74) is 0.624. The van der Waals surface area contributed by atoms with Crippen LogP contribution in [0, 0.1) is 5.82 Å². The van der Waals surface area contributed by atoms with Crippen molar-refractivity contribution in [3.05, 3.63) is 28.5 Å². The lowest BCUT2D eigenvalue weighted by Gasteiger charge is -2.23. The van der Waals surface area contributed by atoms with E-state index in [-0.39, 0.29) is 16.8 Å². The van der Waals surface area contributed by atoms with Gasteiger partial charge in [0.15, 0.2) is 0 Å². The molecule has 1 aromatic rings. The number of halogens is 2. The third-order valence-electron chi connectivity index (χ3n) is 2.39. The minimum absolute atomic E-state index is 0.177. The molecule has 0 saturated carbocycles. The number of hydrogen-bond acceptors (Lipinski definition) is 1. The Morgan fingerprint density at radius 2 is 2.31 bits per heavy atom. The summed E-state index contributed by atoms with van der Waals surface area (Å²) in [5.74, 6) is 0.509. The topological polar surface area (TPSA) is 9.23 Å². The van der Waals surface area contributed by atoms with Crippen molar-refractivity contribution in [2.75, 3.05) is 6.61 Å². The number of ether oxygens (including phenoxy) is 1. The van der Waals surface area contributed by atoms with Gasteiger partial charge in [0.2, 0.25) is 0 Å². The first-order valence-electron chi connectivity index (χ1n) is 4.31. The molecule has 0 amide bonds. The van der Waals surface area contributed by atoms with Crippen LogP contribution in [0.1, 0.15) is 24.8 Å². The van der Waals surface area contributed by atoms with Gasteiger partial charge in [-0.05, 0) is 24.5 Å². The Morgan fingerprint density at radius 3 is 3.08 bits per heavy atom. The van der Waals surface area contributed by atoms with E-state index in [9.17, 15) is 4.39 Å². The molecule has 0 saturated heterocycles. The van der Waals surface area contributed by atoms with Gasteiger partial charge in [-0.3, -0.25) is 0 Å². The number of benzene rings is 1. The Hall–Kier alpha value is -0.760. The Bertz CT molecular complexity index is 338. The summed E-state index contributed by atoms with van der Waals surface area (Å²) in [7, 11) is 0. The first-order valence-corrected chi connectivity index (χ1v) is 4.68. The molecule has 1 unspecified atom stereocenters. The van der Waals surface area contributed by atoms with Gasteiger partial charge in [-0.2, -0.15) is 0 Å². The molecule has 0 aliphatic carbocycles. The van der Waals surface area contributed by atoms with Gasteiger partial charge in [0.1, 0.15) is 11.6 Å². The molecule has 0 bridgehead atoms. The van der Waals surface area contributed by atoms with E-state index in [1.165, 1.54) is 6.07 Å². The fourth-order valence-corrected chi connectivity index (χ4v) is 1.79. The zero-order valence-electron chi connectivity index (χ0n) is 7.31. The van der Waals surface area contributed by atoms with Crippen LogP contribution >= 0.6 is 11.6 Å². The maximum atomic E-state index is 13.5. The Balaban J connectivity index is 2.58. The molecule has 0 radical (unpaired) electrons. The van der Waals surface area contributed by atoms with Gasteiger partial charge in [-0.1, -0.05) is 18.5 Å². The molecule has 1 aliphatic rings. The molecule has 1 aromatic carbocycles. The average Bonchev–Trinajstić information content (AvgIpc) is 2.12. The van der Waals surface area contributed by atoms with Crippen molar-refractivity contribution in [1.29, 1.82) is 0 Å². The second-order valence-corrected chi connectivity index (χ2v) is 3.72. The lowest BCUT2D eigenvalue weighted by molar-refractivity contribution is 0.267. The summed E-state index contributed by atoms with van der Waals surface area (Å²) in [6.07, 6.45) is 0.851. The van der Waals surface area contributed by atoms with E-state index in [1.54, 1.807) is 6.07 Å². The van der Waals surface area contributed by atoms with Gasteiger partial charge in [0.25, 0.3) is 0 Å². The largest absolute Gasteiger partial charge is 0.493 e. The second-order valence-electron chi connectivity index (χ2n) is 3.31. The van der Waals surface area contributed by atoms with Crippen LogP contribution < -0.4 is 4.74 Å². The monoisotopic (exact) mass is 200 g/mol. The summed E-state index contributed by atoms with van der Waals surface area (Å²) in [6.45, 7) is 2.65. The number of rotatable bonds is 0. The molecule has 0 N–H and O–H groups in total. The smallest absolute Gasteiger partial charge is 0.148 e. The highest BCUT2D eigenvalue weighted by Gasteiger charge is 2.22. The molecule has 0 aromatic heterocycles. The molecule has 0 spiro atoms. The highest BCUT2D eigenvalue weighted by Crippen LogP contribution is 2.37. The minimum Gasteiger partial charge on any atom is -0.493 e. The van der Waals surface area contributed by atoms with Gasteiger partial charge in [0.05, 0.1) is 11.6 Å². The van der Waals surface area contributed by atoms with Crippen LogP contribution in [0.5, 0.6) is 5.75 Å². The van der Waals surface area contributed by atoms with Crippen LogP contribution in [0.3, 0.4) is 0 Å². The fraction of sp³-hybridized carbons (Fsp3) is 0.400. The predicted molar refractivity (Wildman–Crippen MR) is 49.9 cm³/mol. The molecular weight excluding hydrogens is 191 g/mol. The van der Waals surface area contributed by atoms with E-state index in [0.29, 0.717) is 17.9 Å². The highest BCUT2D eigenvalue weighted by atomic mass is 35.5. The molecule has 2 rings (SSSR count). The molecule has 1 aliphatic heterocycles. The lowest BCUT2D eigenvalue weighted by atomic mass is 9.95. The van der Waals surface area contributed by atoms with Crippen molar-refractivity contribution in [3.63, 3.8) is 0 Å². The normalized spacial score (nSPS) is 20.7. The zero-order chi connectivity index (χ0) is 9.42. The zero-order valence-corrected chi connectivity index (χ0v) is 8.07. The third-order valence-corrected chi connectivity index (χ3v) is 2.69. The van der Waals surface area contributed by atoms with Crippen LogP contribution in [-0.4, -0.2) is 6.61 Å². The van der Waals surface area contributed by atoms with Crippen molar-refractivity contribution in [3.8, 4) is 5.75 Å². The molecule has 1 heterocycles. The first-order chi connectivity index (χ1) is 6.20. The van der Waals surface area contributed by atoms with Crippen LogP contribution in [0.2, 0.25) is 5.02 Å². The fourth-order valence-electron chi connectivity index (χ4n) is 1.62. The Kier molecular flexibility index (Phi) is 2.16. The quantitative estimate of drug-likeness (QED) is 0.624. The van der Waals surface area contributed by atoms with Crippen molar-refractivity contribution in [2.45, 2.75) is 19.3 Å². The third kappa shape index (κ3) is 1.39. The van der Waals surface area contributed by atoms with E-state index in [2.05, 4.69) is 0 Å². The average molecular weight is 201 g/mol. The van der Waals surface area contributed by atoms with E-state index >= 15 is 0 Å². The molecule has 3 heteroatoms. The summed E-state index contributed by atoms with van der Waals surface area (Å²) in [4.78, 5) is 0. The Labute approximate surface area is 81.5 Å². The maximum absolute atomic E-state index is 13.5. The number of fused-ring (bicyclic) bond motifs is 1. The van der Waals surface area contributed by atoms with Crippen molar-refractivity contribution < 1.29 is 9.13 Å². The van der Waals surface area contributed by atoms with E-state index < -0.39 is 0 Å². The molecule has 1 nitrogen and oxygen atoms in total. The van der Waals surface area contributed by atoms with Crippen molar-refractivity contribution in [1.82, 2.24) is 0 Å². The molecule has 0 fully saturated rings. The van der Waals surface area contributed by atoms with Gasteiger partial charge < -0.3 is 4.74 Å². The second kappa shape index (κ2) is 3.18. The van der Waals surface area contributed by atoms with E-state index in [4.69, 9.17) is 16.3 Å². The molecule has 13 heavy (non-hydrogen) atoms.